The summed E-state index contributed by atoms with van der Waals surface area (Å²) < 4.78 is 28.0. The van der Waals surface area contributed by atoms with Gasteiger partial charge in [0.2, 0.25) is 0 Å². The van der Waals surface area contributed by atoms with Gasteiger partial charge in [0.15, 0.2) is 6.73 Å². The number of ether oxygens (including phenoxy) is 1. The third-order valence-corrected chi connectivity index (χ3v) is 2.97. The topological polar surface area (TPSA) is 67.4 Å². The number of fused-ring (bicyclic) bond motifs is 1. The van der Waals surface area contributed by atoms with Crippen molar-refractivity contribution >= 4 is 10.0 Å². The first kappa shape index (κ1) is 8.49. The highest BCUT2D eigenvalue weighted by molar-refractivity contribution is 7.89. The van der Waals surface area contributed by atoms with Crippen LogP contribution in [0.4, 0.5) is 0 Å². The number of benzene rings is 1. The Morgan fingerprint density at radius 2 is 2.08 bits per heavy atom. The van der Waals surface area contributed by atoms with Crippen LogP contribution in [0, 0.1) is 0 Å². The van der Waals surface area contributed by atoms with Crippen LogP contribution in [0.2, 0.25) is 0 Å². The number of hydrogen-bond acceptors (Lipinski definition) is 4. The lowest BCUT2D eigenvalue weighted by Crippen LogP contribution is -2.36. The zero-order valence-electron chi connectivity index (χ0n) is 6.65. The number of rotatable bonds is 0. The van der Waals surface area contributed by atoms with Gasteiger partial charge in [-0.05, 0) is 12.1 Å². The number of hydrazine groups is 1. The van der Waals surface area contributed by atoms with E-state index in [2.05, 4.69) is 10.3 Å². The van der Waals surface area contributed by atoms with E-state index in [1.165, 1.54) is 6.07 Å². The van der Waals surface area contributed by atoms with Gasteiger partial charge in [-0.2, -0.15) is 0 Å². The van der Waals surface area contributed by atoms with Gasteiger partial charge in [0.1, 0.15) is 10.6 Å². The molecule has 2 rings (SSSR count). The van der Waals surface area contributed by atoms with Crippen molar-refractivity contribution in [2.45, 2.75) is 4.90 Å². The predicted molar refractivity (Wildman–Crippen MR) is 45.4 cm³/mol. The molecule has 0 saturated heterocycles. The van der Waals surface area contributed by atoms with Gasteiger partial charge in [0.25, 0.3) is 10.0 Å². The van der Waals surface area contributed by atoms with Crippen LogP contribution in [-0.4, -0.2) is 15.1 Å². The Bertz CT molecular complexity index is 416. The van der Waals surface area contributed by atoms with E-state index in [4.69, 9.17) is 4.74 Å². The van der Waals surface area contributed by atoms with Gasteiger partial charge in [-0.25, -0.2) is 13.8 Å². The first-order valence-corrected chi connectivity index (χ1v) is 5.15. The summed E-state index contributed by atoms with van der Waals surface area (Å²) in [7, 11) is -3.46. The highest BCUT2D eigenvalue weighted by Gasteiger charge is 2.21. The fourth-order valence-electron chi connectivity index (χ4n) is 1.08. The second kappa shape index (κ2) is 2.99. The van der Waals surface area contributed by atoms with Crippen LogP contribution in [0.5, 0.6) is 5.75 Å². The Kier molecular flexibility index (Phi) is 1.95. The highest BCUT2D eigenvalue weighted by atomic mass is 32.2. The second-order valence-electron chi connectivity index (χ2n) is 2.52. The molecule has 13 heavy (non-hydrogen) atoms. The van der Waals surface area contributed by atoms with Gasteiger partial charge < -0.3 is 4.74 Å². The molecule has 70 valence electrons. The normalized spacial score (nSPS) is 19.7. The zero-order chi connectivity index (χ0) is 9.31. The van der Waals surface area contributed by atoms with E-state index in [0.29, 0.717) is 5.75 Å². The molecule has 1 aromatic rings. The first-order chi connectivity index (χ1) is 6.20. The molecule has 2 N–H and O–H groups in total. The molecule has 0 fully saturated rings. The Hall–Kier alpha value is -1.11. The molecule has 1 aliphatic heterocycles. The van der Waals surface area contributed by atoms with Crippen molar-refractivity contribution in [3.05, 3.63) is 24.3 Å². The minimum Gasteiger partial charge on any atom is -0.476 e. The monoisotopic (exact) mass is 200 g/mol. The van der Waals surface area contributed by atoms with Crippen LogP contribution in [0.1, 0.15) is 0 Å². The van der Waals surface area contributed by atoms with Crippen LogP contribution >= 0.6 is 0 Å². The maximum Gasteiger partial charge on any atom is 0.257 e. The average Bonchev–Trinajstić information content (AvgIpc) is 2.26. The standard InChI is InChI=1S/C7H8N2O3S/c10-13(11)7-4-2-1-3-6(7)12-5-8-9-13/h1-4,8-9H,5H2. The lowest BCUT2D eigenvalue weighted by Gasteiger charge is -2.03. The van der Waals surface area contributed by atoms with Gasteiger partial charge in [-0.15, -0.1) is 4.83 Å². The van der Waals surface area contributed by atoms with E-state index in [1.54, 1.807) is 18.2 Å². The molecule has 0 spiro atoms. The summed E-state index contributed by atoms with van der Waals surface area (Å²) in [5.74, 6) is 0.361. The smallest absolute Gasteiger partial charge is 0.257 e. The quantitative estimate of drug-likeness (QED) is 0.609. The van der Waals surface area contributed by atoms with Crippen LogP contribution in [0.25, 0.3) is 0 Å². The molecule has 1 aromatic carbocycles. The van der Waals surface area contributed by atoms with Gasteiger partial charge in [0, 0.05) is 0 Å². The Morgan fingerprint density at radius 1 is 1.31 bits per heavy atom. The van der Waals surface area contributed by atoms with Crippen LogP contribution in [0.15, 0.2) is 29.2 Å². The SMILES string of the molecule is O=S1(=O)NNCOc2ccccc21. The van der Waals surface area contributed by atoms with Crippen molar-refractivity contribution in [2.24, 2.45) is 0 Å². The third-order valence-electron chi connectivity index (χ3n) is 1.65. The molecule has 1 heterocycles. The molecule has 1 aliphatic rings. The molecule has 0 radical (unpaired) electrons. The summed E-state index contributed by atoms with van der Waals surface area (Å²) >= 11 is 0. The van der Waals surface area contributed by atoms with Crippen molar-refractivity contribution in [3.63, 3.8) is 0 Å². The second-order valence-corrected chi connectivity index (χ2v) is 4.17. The molecule has 0 bridgehead atoms. The lowest BCUT2D eigenvalue weighted by molar-refractivity contribution is 0.277. The molecule has 0 amide bonds. The maximum atomic E-state index is 11.4. The van der Waals surface area contributed by atoms with Gasteiger partial charge in [0.05, 0.1) is 0 Å². The molecule has 0 atom stereocenters. The first-order valence-electron chi connectivity index (χ1n) is 3.67. The van der Waals surface area contributed by atoms with Crippen molar-refractivity contribution < 1.29 is 13.2 Å². The number of sulfonamides is 1. The van der Waals surface area contributed by atoms with Gasteiger partial charge in [-0.1, -0.05) is 12.1 Å². The fraction of sp³-hybridized carbons (Fsp3) is 0.143. The van der Waals surface area contributed by atoms with E-state index in [1.807, 2.05) is 0 Å². The summed E-state index contributed by atoms with van der Waals surface area (Å²) in [6, 6.07) is 6.47. The molecule has 0 aromatic heterocycles. The largest absolute Gasteiger partial charge is 0.476 e. The fourth-order valence-corrected chi connectivity index (χ4v) is 2.09. The van der Waals surface area contributed by atoms with Gasteiger partial charge in [-0.3, -0.25) is 0 Å². The van der Waals surface area contributed by atoms with E-state index >= 15 is 0 Å². The average molecular weight is 200 g/mol. The molecular weight excluding hydrogens is 192 g/mol. The minimum atomic E-state index is -3.46. The molecule has 6 heteroatoms. The Morgan fingerprint density at radius 3 is 2.92 bits per heavy atom. The summed E-state index contributed by atoms with van der Waals surface area (Å²) in [5, 5.41) is 0. The third kappa shape index (κ3) is 1.51. The van der Waals surface area contributed by atoms with E-state index in [9.17, 15) is 8.42 Å². The minimum absolute atomic E-state index is 0.121. The van der Waals surface area contributed by atoms with Crippen molar-refractivity contribution in [1.82, 2.24) is 10.3 Å². The van der Waals surface area contributed by atoms with Gasteiger partial charge >= 0.3 is 0 Å². The number of hydrogen-bond donors (Lipinski definition) is 2. The predicted octanol–water partition coefficient (Wildman–Crippen LogP) is -0.181. The summed E-state index contributed by atoms with van der Waals surface area (Å²) in [6.45, 7) is 0.121. The Balaban J connectivity index is 2.62. The zero-order valence-corrected chi connectivity index (χ0v) is 7.47. The molecule has 5 nitrogen and oxygen atoms in total. The lowest BCUT2D eigenvalue weighted by atomic mass is 10.3. The van der Waals surface area contributed by atoms with Crippen molar-refractivity contribution in [3.8, 4) is 5.75 Å². The molecule has 0 unspecified atom stereocenters. The summed E-state index contributed by atoms with van der Waals surface area (Å²) in [6.07, 6.45) is 0. The van der Waals surface area contributed by atoms with Crippen LogP contribution < -0.4 is 15.0 Å². The number of para-hydroxylation sites is 1. The number of nitrogens with one attached hydrogen (secondary N) is 2. The van der Waals surface area contributed by atoms with E-state index < -0.39 is 10.0 Å². The van der Waals surface area contributed by atoms with Crippen molar-refractivity contribution in [1.29, 1.82) is 0 Å². The highest BCUT2D eigenvalue weighted by Crippen LogP contribution is 2.23. The van der Waals surface area contributed by atoms with Crippen LogP contribution in [-0.2, 0) is 10.0 Å². The maximum absolute atomic E-state index is 11.4. The molecule has 0 aliphatic carbocycles. The van der Waals surface area contributed by atoms with Crippen molar-refractivity contribution in [2.75, 3.05) is 6.73 Å². The summed E-state index contributed by atoms with van der Waals surface area (Å²) in [5.41, 5.74) is 2.42. The molecule has 0 saturated carbocycles. The Labute approximate surface area is 75.7 Å². The van der Waals surface area contributed by atoms with E-state index in [-0.39, 0.29) is 11.6 Å². The summed E-state index contributed by atoms with van der Waals surface area (Å²) in [4.78, 5) is 2.33. The molecular formula is C7H8N2O3S. The van der Waals surface area contributed by atoms with E-state index in [0.717, 1.165) is 0 Å². The van der Waals surface area contributed by atoms with Crippen LogP contribution in [0.3, 0.4) is 0 Å².